The Labute approximate surface area is 204 Å². The number of likely N-dealkylation sites (tertiary alicyclic amines) is 1. The topological polar surface area (TPSA) is 76.5 Å². The third-order valence-corrected chi connectivity index (χ3v) is 6.38. The monoisotopic (exact) mass is 468 g/mol. The predicted octanol–water partition coefficient (Wildman–Crippen LogP) is 4.80. The lowest BCUT2D eigenvalue weighted by molar-refractivity contribution is -0.116. The van der Waals surface area contributed by atoms with Crippen LogP contribution in [0.3, 0.4) is 0 Å². The van der Waals surface area contributed by atoms with E-state index in [0.717, 1.165) is 48.3 Å². The lowest BCUT2D eigenvalue weighted by Gasteiger charge is -2.18. The van der Waals surface area contributed by atoms with E-state index in [2.05, 4.69) is 5.32 Å². The molecule has 7 nitrogen and oxygen atoms in total. The number of ether oxygens (including phenoxy) is 1. The van der Waals surface area contributed by atoms with E-state index in [1.807, 2.05) is 89.2 Å². The van der Waals surface area contributed by atoms with Crippen LogP contribution in [0.2, 0.25) is 0 Å². The van der Waals surface area contributed by atoms with Crippen LogP contribution in [-0.4, -0.2) is 39.4 Å². The average Bonchev–Trinajstić information content (AvgIpc) is 3.53. The zero-order valence-corrected chi connectivity index (χ0v) is 19.7. The first-order chi connectivity index (χ1) is 17.1. The summed E-state index contributed by atoms with van der Waals surface area (Å²) in [6, 6.07) is 22.7. The van der Waals surface area contributed by atoms with E-state index in [-0.39, 0.29) is 25.0 Å². The van der Waals surface area contributed by atoms with E-state index < -0.39 is 0 Å². The van der Waals surface area contributed by atoms with Crippen molar-refractivity contribution in [3.05, 3.63) is 89.7 Å². The first kappa shape index (κ1) is 22.7. The van der Waals surface area contributed by atoms with Gasteiger partial charge >= 0.3 is 0 Å². The third-order valence-electron chi connectivity index (χ3n) is 6.38. The Morgan fingerprint density at radius 3 is 2.49 bits per heavy atom. The van der Waals surface area contributed by atoms with Gasteiger partial charge in [0, 0.05) is 24.3 Å². The molecule has 7 heteroatoms. The summed E-state index contributed by atoms with van der Waals surface area (Å²) in [4.78, 5) is 32.6. The second kappa shape index (κ2) is 10.0. The van der Waals surface area contributed by atoms with Crippen LogP contribution in [-0.2, 0) is 17.9 Å². The average molecular weight is 469 g/mol. The molecule has 1 fully saturated rings. The van der Waals surface area contributed by atoms with Gasteiger partial charge in [-0.1, -0.05) is 36.4 Å². The summed E-state index contributed by atoms with van der Waals surface area (Å²) in [5.41, 5.74) is 3.73. The SMILES string of the molecule is Cc1c(NC(=O)Cn2c(COc3ccccc3)nc3ccccc32)cccc1C(=O)N1CCCC1. The number of aromatic nitrogens is 2. The molecule has 1 aliphatic rings. The molecule has 35 heavy (non-hydrogen) atoms. The Bertz CT molecular complexity index is 1360. The maximum absolute atomic E-state index is 13.1. The maximum Gasteiger partial charge on any atom is 0.254 e. The number of hydrogen-bond acceptors (Lipinski definition) is 4. The van der Waals surface area contributed by atoms with Crippen molar-refractivity contribution in [3.63, 3.8) is 0 Å². The van der Waals surface area contributed by atoms with Crippen LogP contribution in [0, 0.1) is 6.92 Å². The highest BCUT2D eigenvalue weighted by Gasteiger charge is 2.22. The summed E-state index contributed by atoms with van der Waals surface area (Å²) in [5.74, 6) is 1.24. The third kappa shape index (κ3) is 4.89. The molecule has 1 N–H and O–H groups in total. The number of hydrogen-bond donors (Lipinski definition) is 1. The van der Waals surface area contributed by atoms with Crippen molar-refractivity contribution < 1.29 is 14.3 Å². The van der Waals surface area contributed by atoms with Crippen LogP contribution >= 0.6 is 0 Å². The van der Waals surface area contributed by atoms with Crippen LogP contribution in [0.15, 0.2) is 72.8 Å². The van der Waals surface area contributed by atoms with Gasteiger partial charge < -0.3 is 19.5 Å². The molecule has 178 valence electrons. The van der Waals surface area contributed by atoms with Crippen LogP contribution in [0.4, 0.5) is 5.69 Å². The number of rotatable bonds is 7. The van der Waals surface area contributed by atoms with Gasteiger partial charge in [0.25, 0.3) is 5.91 Å². The first-order valence-electron chi connectivity index (χ1n) is 11.9. The van der Waals surface area contributed by atoms with Gasteiger partial charge in [0.15, 0.2) is 0 Å². The Morgan fingerprint density at radius 1 is 0.943 bits per heavy atom. The van der Waals surface area contributed by atoms with Crippen molar-refractivity contribution in [1.29, 1.82) is 0 Å². The summed E-state index contributed by atoms with van der Waals surface area (Å²) in [7, 11) is 0. The second-order valence-electron chi connectivity index (χ2n) is 8.73. The lowest BCUT2D eigenvalue weighted by atomic mass is 10.1. The summed E-state index contributed by atoms with van der Waals surface area (Å²) in [6.45, 7) is 3.78. The number of para-hydroxylation sites is 3. The minimum Gasteiger partial charge on any atom is -0.486 e. The molecule has 0 unspecified atom stereocenters. The molecule has 1 aromatic heterocycles. The Morgan fingerprint density at radius 2 is 1.69 bits per heavy atom. The molecule has 5 rings (SSSR count). The van der Waals surface area contributed by atoms with Crippen LogP contribution < -0.4 is 10.1 Å². The van der Waals surface area contributed by atoms with Crippen LogP contribution in [0.25, 0.3) is 11.0 Å². The normalized spacial score (nSPS) is 13.2. The predicted molar refractivity (Wildman–Crippen MR) is 135 cm³/mol. The number of fused-ring (bicyclic) bond motifs is 1. The number of nitrogens with one attached hydrogen (secondary N) is 1. The number of nitrogens with zero attached hydrogens (tertiary/aromatic N) is 3. The fourth-order valence-electron chi connectivity index (χ4n) is 4.50. The van der Waals surface area contributed by atoms with Gasteiger partial charge in [-0.25, -0.2) is 4.98 Å². The first-order valence-corrected chi connectivity index (χ1v) is 11.9. The highest BCUT2D eigenvalue weighted by atomic mass is 16.5. The molecule has 4 aromatic rings. The van der Waals surface area contributed by atoms with Crippen LogP contribution in [0.1, 0.15) is 34.6 Å². The number of carbonyl (C=O) groups excluding carboxylic acids is 2. The van der Waals surface area contributed by atoms with E-state index >= 15 is 0 Å². The second-order valence-corrected chi connectivity index (χ2v) is 8.73. The van der Waals surface area contributed by atoms with Crippen molar-refractivity contribution in [1.82, 2.24) is 14.5 Å². The molecule has 0 spiro atoms. The van der Waals surface area contributed by atoms with Gasteiger partial charge in [0.2, 0.25) is 5.91 Å². The molecule has 0 atom stereocenters. The summed E-state index contributed by atoms with van der Waals surface area (Å²) in [5, 5.41) is 3.00. The minimum absolute atomic E-state index is 0.0250. The molecular formula is C28H28N4O3. The van der Waals surface area contributed by atoms with Gasteiger partial charge in [-0.15, -0.1) is 0 Å². The molecule has 2 amide bonds. The number of imidazole rings is 1. The van der Waals surface area contributed by atoms with Crippen molar-refractivity contribution in [2.24, 2.45) is 0 Å². The van der Waals surface area contributed by atoms with Gasteiger partial charge in [-0.05, 0) is 61.7 Å². The maximum atomic E-state index is 13.1. The fraction of sp³-hybridized carbons (Fsp3) is 0.250. The summed E-state index contributed by atoms with van der Waals surface area (Å²) >= 11 is 0. The summed E-state index contributed by atoms with van der Waals surface area (Å²) in [6.07, 6.45) is 2.08. The minimum atomic E-state index is -0.192. The highest BCUT2D eigenvalue weighted by molar-refractivity contribution is 5.99. The number of carbonyl (C=O) groups is 2. The molecule has 0 radical (unpaired) electrons. The molecular weight excluding hydrogens is 440 g/mol. The Hall–Kier alpha value is -4.13. The van der Waals surface area contributed by atoms with Crippen molar-refractivity contribution in [3.8, 4) is 5.75 Å². The largest absolute Gasteiger partial charge is 0.486 e. The molecule has 0 aliphatic carbocycles. The summed E-state index contributed by atoms with van der Waals surface area (Å²) < 4.78 is 7.79. The van der Waals surface area contributed by atoms with E-state index in [1.165, 1.54) is 0 Å². The number of amides is 2. The molecule has 3 aromatic carbocycles. The lowest BCUT2D eigenvalue weighted by Crippen LogP contribution is -2.28. The van der Waals surface area contributed by atoms with Crippen molar-refractivity contribution in [2.75, 3.05) is 18.4 Å². The molecule has 1 saturated heterocycles. The van der Waals surface area contributed by atoms with Crippen molar-refractivity contribution in [2.45, 2.75) is 32.9 Å². The van der Waals surface area contributed by atoms with Gasteiger partial charge in [0.1, 0.15) is 24.7 Å². The Kier molecular flexibility index (Phi) is 6.48. The number of benzene rings is 3. The molecule has 1 aliphatic heterocycles. The van der Waals surface area contributed by atoms with E-state index in [0.29, 0.717) is 17.1 Å². The fourth-order valence-corrected chi connectivity index (χ4v) is 4.50. The van der Waals surface area contributed by atoms with Gasteiger partial charge in [-0.2, -0.15) is 0 Å². The highest BCUT2D eigenvalue weighted by Crippen LogP contribution is 2.23. The molecule has 2 heterocycles. The standard InChI is InChI=1S/C28H28N4O3/c1-20-22(28(34)31-16-7-8-17-31)12-9-14-23(20)30-27(33)18-32-25-15-6-5-13-24(25)29-26(32)19-35-21-10-3-2-4-11-21/h2-6,9-15H,7-8,16-19H2,1H3,(H,30,33). The van der Waals surface area contributed by atoms with Crippen molar-refractivity contribution >= 4 is 28.5 Å². The molecule has 0 saturated carbocycles. The number of anilines is 1. The van der Waals surface area contributed by atoms with E-state index in [1.54, 1.807) is 0 Å². The van der Waals surface area contributed by atoms with Gasteiger partial charge in [0.05, 0.1) is 11.0 Å². The Balaban J connectivity index is 1.35. The molecule has 0 bridgehead atoms. The van der Waals surface area contributed by atoms with Gasteiger partial charge in [-0.3, -0.25) is 9.59 Å². The quantitative estimate of drug-likeness (QED) is 0.423. The van der Waals surface area contributed by atoms with Crippen LogP contribution in [0.5, 0.6) is 5.75 Å². The van der Waals surface area contributed by atoms with E-state index in [9.17, 15) is 9.59 Å². The zero-order valence-electron chi connectivity index (χ0n) is 19.7. The zero-order chi connectivity index (χ0) is 24.2. The smallest absolute Gasteiger partial charge is 0.254 e. The van der Waals surface area contributed by atoms with E-state index in [4.69, 9.17) is 9.72 Å².